The van der Waals surface area contributed by atoms with Gasteiger partial charge in [-0.1, -0.05) is 13.0 Å². The molecule has 0 aliphatic carbocycles. The third kappa shape index (κ3) is 6.01. The molecule has 2 unspecified atom stereocenters. The van der Waals surface area contributed by atoms with Gasteiger partial charge in [0, 0.05) is 44.8 Å². The number of likely N-dealkylation sites (N-methyl/N-ethyl adjacent to an activating group) is 1. The van der Waals surface area contributed by atoms with E-state index in [-0.39, 0.29) is 12.0 Å². The first-order valence-corrected chi connectivity index (χ1v) is 11.1. The molecule has 5 atom stereocenters. The molecule has 1 N–H and O–H groups in total. The molecule has 11 nitrogen and oxygen atoms in total. The van der Waals surface area contributed by atoms with Gasteiger partial charge in [-0.15, -0.1) is 0 Å². The lowest BCUT2D eigenvalue weighted by Gasteiger charge is -2.39. The van der Waals surface area contributed by atoms with Crippen molar-refractivity contribution in [1.82, 2.24) is 4.90 Å². The number of fused-ring (bicyclic) bond motifs is 2. The normalized spacial score (nSPS) is 34.0. The molecular weight excluding hydrogens is 450 g/mol. The highest BCUT2D eigenvalue weighted by atomic mass is 16.6. The average Bonchev–Trinajstić information content (AvgIpc) is 2.72. The van der Waals surface area contributed by atoms with Crippen molar-refractivity contribution >= 4 is 29.7 Å². The van der Waals surface area contributed by atoms with Crippen molar-refractivity contribution in [3.8, 4) is 0 Å². The summed E-state index contributed by atoms with van der Waals surface area (Å²) >= 11 is 0. The molecule has 0 radical (unpaired) electrons. The van der Waals surface area contributed by atoms with Crippen molar-refractivity contribution in [2.75, 3.05) is 26.7 Å². The Morgan fingerprint density at radius 3 is 2.44 bits per heavy atom. The second-order valence-corrected chi connectivity index (χ2v) is 9.10. The highest BCUT2D eigenvalue weighted by Crippen LogP contribution is 2.35. The van der Waals surface area contributed by atoms with Crippen LogP contribution in [0.4, 0.5) is 0 Å². The van der Waals surface area contributed by atoms with E-state index in [4.69, 9.17) is 18.9 Å². The molecule has 2 rings (SSSR count). The summed E-state index contributed by atoms with van der Waals surface area (Å²) < 4.78 is 21.2. The smallest absolute Gasteiger partial charge is 0.350 e. The van der Waals surface area contributed by atoms with Crippen LogP contribution in [0, 0.1) is 5.92 Å². The molecule has 0 saturated carbocycles. The van der Waals surface area contributed by atoms with Crippen molar-refractivity contribution in [3.63, 3.8) is 0 Å². The first-order chi connectivity index (χ1) is 15.7. The van der Waals surface area contributed by atoms with Gasteiger partial charge in [-0.3, -0.25) is 14.4 Å². The summed E-state index contributed by atoms with van der Waals surface area (Å²) in [5.41, 5.74) is -4.27. The van der Waals surface area contributed by atoms with Crippen LogP contribution in [0.2, 0.25) is 0 Å². The van der Waals surface area contributed by atoms with Crippen LogP contribution in [0.5, 0.6) is 0 Å². The summed E-state index contributed by atoms with van der Waals surface area (Å²) in [6.45, 7) is 6.68. The van der Waals surface area contributed by atoms with Crippen molar-refractivity contribution in [1.29, 1.82) is 0 Å². The number of hydrogen-bond acceptors (Lipinski definition) is 11. The molecule has 0 aromatic rings. The molecule has 2 aliphatic heterocycles. The van der Waals surface area contributed by atoms with E-state index in [0.29, 0.717) is 13.1 Å². The summed E-state index contributed by atoms with van der Waals surface area (Å²) in [6, 6.07) is 0. The van der Waals surface area contributed by atoms with Gasteiger partial charge < -0.3 is 29.0 Å². The minimum absolute atomic E-state index is 0.104. The third-order valence-corrected chi connectivity index (χ3v) is 6.33. The molecule has 1 fully saturated rings. The lowest BCUT2D eigenvalue weighted by atomic mass is 9.78. The van der Waals surface area contributed by atoms with E-state index < -0.39 is 72.0 Å². The molecule has 1 saturated heterocycles. The summed E-state index contributed by atoms with van der Waals surface area (Å²) in [6.07, 6.45) is -1.43. The van der Waals surface area contributed by atoms with Gasteiger partial charge in [0.15, 0.2) is 11.7 Å². The number of ether oxygens (including phenoxy) is 4. The van der Waals surface area contributed by atoms with Crippen LogP contribution in [-0.4, -0.2) is 89.8 Å². The Bertz CT molecular complexity index is 883. The first-order valence-electron chi connectivity index (χ1n) is 11.1. The monoisotopic (exact) mass is 483 g/mol. The minimum atomic E-state index is -2.45. The van der Waals surface area contributed by atoms with Crippen LogP contribution in [-0.2, 0) is 42.9 Å². The lowest BCUT2D eigenvalue weighted by molar-refractivity contribution is -0.203. The first kappa shape index (κ1) is 27.5. The lowest BCUT2D eigenvalue weighted by Crippen LogP contribution is -2.57. The number of aliphatic hydroxyl groups is 1. The molecular formula is C23H33NO10. The second kappa shape index (κ2) is 10.6. The Balaban J connectivity index is 2.61. The number of ketones is 1. The summed E-state index contributed by atoms with van der Waals surface area (Å²) in [4.78, 5) is 64.8. The van der Waals surface area contributed by atoms with Crippen LogP contribution in [0.1, 0.15) is 47.5 Å². The Morgan fingerprint density at radius 1 is 1.21 bits per heavy atom. The second-order valence-electron chi connectivity index (χ2n) is 9.10. The molecule has 0 aromatic carbocycles. The van der Waals surface area contributed by atoms with Crippen LogP contribution < -0.4 is 0 Å². The van der Waals surface area contributed by atoms with Crippen molar-refractivity contribution < 1.29 is 48.0 Å². The molecule has 2 bridgehead atoms. The molecule has 2 heterocycles. The summed E-state index contributed by atoms with van der Waals surface area (Å²) in [5.74, 6) is -5.25. The van der Waals surface area contributed by atoms with Crippen LogP contribution in [0.3, 0.4) is 0 Å². The van der Waals surface area contributed by atoms with E-state index >= 15 is 0 Å². The molecule has 0 amide bonds. The molecule has 34 heavy (non-hydrogen) atoms. The third-order valence-electron chi connectivity index (χ3n) is 6.33. The van der Waals surface area contributed by atoms with Gasteiger partial charge in [0.1, 0.15) is 12.7 Å². The molecule has 0 spiro atoms. The highest BCUT2D eigenvalue weighted by Gasteiger charge is 2.54. The number of Topliss-reactive ketones (excluding diaryl/α,β-unsaturated/α-hetero) is 1. The molecule has 11 heteroatoms. The number of carbonyl (C=O) groups excluding carboxylic acids is 5. The number of hydrogen-bond donors (Lipinski definition) is 1. The molecule has 0 aromatic heterocycles. The predicted molar refractivity (Wildman–Crippen MR) is 116 cm³/mol. The number of nitrogens with zero attached hydrogens (tertiary/aromatic N) is 1. The summed E-state index contributed by atoms with van der Waals surface area (Å²) in [5, 5.41) is 11.4. The maximum absolute atomic E-state index is 13.3. The van der Waals surface area contributed by atoms with E-state index in [9.17, 15) is 29.1 Å². The predicted octanol–water partition coefficient (Wildman–Crippen LogP) is 0.317. The zero-order chi connectivity index (χ0) is 25.8. The fourth-order valence-corrected chi connectivity index (χ4v) is 3.96. The van der Waals surface area contributed by atoms with Crippen LogP contribution >= 0.6 is 0 Å². The number of carbonyl (C=O) groups is 5. The van der Waals surface area contributed by atoms with Gasteiger partial charge >= 0.3 is 23.9 Å². The van der Waals surface area contributed by atoms with Gasteiger partial charge in [-0.2, -0.15) is 0 Å². The Kier molecular flexibility index (Phi) is 8.59. The highest BCUT2D eigenvalue weighted by molar-refractivity contribution is 6.01. The number of cyclic esters (lactones) is 1. The number of rotatable bonds is 3. The molecule has 2 aliphatic rings. The zero-order valence-corrected chi connectivity index (χ0v) is 20.4. The van der Waals surface area contributed by atoms with Gasteiger partial charge in [-0.05, 0) is 27.3 Å². The topological polar surface area (TPSA) is 146 Å². The van der Waals surface area contributed by atoms with Crippen molar-refractivity contribution in [2.45, 2.75) is 70.9 Å². The van der Waals surface area contributed by atoms with E-state index in [1.54, 1.807) is 13.1 Å². The van der Waals surface area contributed by atoms with Crippen molar-refractivity contribution in [3.05, 3.63) is 11.6 Å². The van der Waals surface area contributed by atoms with E-state index in [1.165, 1.54) is 20.8 Å². The van der Waals surface area contributed by atoms with Gasteiger partial charge in [0.2, 0.25) is 11.4 Å². The Labute approximate surface area is 198 Å². The summed E-state index contributed by atoms with van der Waals surface area (Å²) in [7, 11) is 1.80. The van der Waals surface area contributed by atoms with E-state index in [0.717, 1.165) is 13.8 Å². The van der Waals surface area contributed by atoms with Crippen molar-refractivity contribution in [2.24, 2.45) is 5.92 Å². The van der Waals surface area contributed by atoms with Crippen LogP contribution in [0.15, 0.2) is 11.6 Å². The van der Waals surface area contributed by atoms with Gasteiger partial charge in [-0.25, -0.2) is 9.59 Å². The standard InChI is InChI=1S/C23H33NO10/c1-13-11-23(30,14(2)32-15(3)25)21(29)33-18-8-10-24(6)9-7-17(19(18)27)12-31-20(28)22(13,5)34-16(4)26/h7,13-14,18,30H,8-12H2,1-6H3/b17-7-/t13-,14?,18-,22-,23?/m1/s1. The minimum Gasteiger partial charge on any atom is -0.459 e. The SMILES string of the molecule is CC(=O)OC(C)C1(O)C[C@@H](C)[C@@](C)(OC(C)=O)C(=O)OC/C2=C/CN(C)CC[C@@H](OC1=O)C2=O. The quantitative estimate of drug-likeness (QED) is 0.437. The zero-order valence-electron chi connectivity index (χ0n) is 20.4. The Hall–Kier alpha value is -2.79. The fourth-order valence-electron chi connectivity index (χ4n) is 3.96. The average molecular weight is 484 g/mol. The van der Waals surface area contributed by atoms with Gasteiger partial charge in [0.25, 0.3) is 0 Å². The maximum atomic E-state index is 13.3. The fraction of sp³-hybridized carbons (Fsp3) is 0.696. The van der Waals surface area contributed by atoms with E-state index in [1.807, 2.05) is 4.90 Å². The van der Waals surface area contributed by atoms with E-state index in [2.05, 4.69) is 0 Å². The Morgan fingerprint density at radius 2 is 1.85 bits per heavy atom. The van der Waals surface area contributed by atoms with Crippen LogP contribution in [0.25, 0.3) is 0 Å². The van der Waals surface area contributed by atoms with Gasteiger partial charge in [0.05, 0.1) is 0 Å². The molecule has 190 valence electrons. The number of esters is 4. The maximum Gasteiger partial charge on any atom is 0.350 e. The largest absolute Gasteiger partial charge is 0.459 e.